The molecule has 1 aromatic carbocycles. The van der Waals surface area contributed by atoms with Gasteiger partial charge in [-0.3, -0.25) is 9.69 Å². The Bertz CT molecular complexity index is 586. The van der Waals surface area contributed by atoms with Gasteiger partial charge in [0.2, 0.25) is 5.91 Å². The monoisotopic (exact) mass is 292 g/mol. The average Bonchev–Trinajstić information content (AvgIpc) is 2.43. The van der Waals surface area contributed by atoms with Crippen LogP contribution >= 0.6 is 0 Å². The number of carbonyl (C=O) groups excluding carboxylic acids is 1. The molecule has 1 fully saturated rings. The molecule has 2 rings (SSSR count). The lowest BCUT2D eigenvalue weighted by Crippen LogP contribution is -2.53. The van der Waals surface area contributed by atoms with Crippen molar-refractivity contribution in [2.24, 2.45) is 0 Å². The predicted octanol–water partition coefficient (Wildman–Crippen LogP) is 1.24. The summed E-state index contributed by atoms with van der Waals surface area (Å²) in [5.74, 6) is -1.55. The Labute approximate surface area is 122 Å². The first-order valence-corrected chi connectivity index (χ1v) is 6.68. The Kier molecular flexibility index (Phi) is 4.70. The molecule has 1 heterocycles. The minimum atomic E-state index is -1.09. The summed E-state index contributed by atoms with van der Waals surface area (Å²) >= 11 is 0. The molecule has 1 saturated heterocycles. The van der Waals surface area contributed by atoms with Crippen LogP contribution < -0.4 is 5.32 Å². The molecular weight excluding hydrogens is 275 g/mol. The van der Waals surface area contributed by atoms with Crippen molar-refractivity contribution in [3.05, 3.63) is 41.2 Å². The second-order valence-corrected chi connectivity index (χ2v) is 4.95. The number of aliphatic carboxylic acids is 1. The van der Waals surface area contributed by atoms with E-state index in [0.717, 1.165) is 11.6 Å². The highest BCUT2D eigenvalue weighted by atomic mass is 19.1. The zero-order valence-electron chi connectivity index (χ0n) is 11.7. The summed E-state index contributed by atoms with van der Waals surface area (Å²) in [6.45, 7) is 3.55. The molecule has 1 unspecified atom stereocenters. The molecule has 2 N–H and O–H groups in total. The zero-order valence-corrected chi connectivity index (χ0v) is 11.7. The molecule has 0 radical (unpaired) electrons. The highest BCUT2D eigenvalue weighted by Crippen LogP contribution is 2.18. The quantitative estimate of drug-likeness (QED) is 0.819. The van der Waals surface area contributed by atoms with E-state index in [1.807, 2.05) is 11.8 Å². The summed E-state index contributed by atoms with van der Waals surface area (Å²) in [7, 11) is 0. The van der Waals surface area contributed by atoms with Crippen LogP contribution in [0.5, 0.6) is 0 Å². The van der Waals surface area contributed by atoms with Gasteiger partial charge in [-0.15, -0.1) is 0 Å². The Morgan fingerprint density at radius 2 is 2.33 bits per heavy atom. The molecule has 5 nitrogen and oxygen atoms in total. The van der Waals surface area contributed by atoms with Gasteiger partial charge in [-0.25, -0.2) is 9.18 Å². The summed E-state index contributed by atoms with van der Waals surface area (Å²) < 4.78 is 13.3. The van der Waals surface area contributed by atoms with Crippen molar-refractivity contribution in [2.45, 2.75) is 19.5 Å². The number of nitrogens with one attached hydrogen (secondary N) is 1. The molecule has 1 amide bonds. The van der Waals surface area contributed by atoms with Crippen molar-refractivity contribution >= 4 is 18.0 Å². The lowest BCUT2D eigenvalue weighted by molar-refractivity contribution is -0.131. The van der Waals surface area contributed by atoms with Gasteiger partial charge < -0.3 is 10.4 Å². The van der Waals surface area contributed by atoms with Gasteiger partial charge in [-0.05, 0) is 36.3 Å². The molecular formula is C15H17FN2O3. The highest BCUT2D eigenvalue weighted by Gasteiger charge is 2.25. The Morgan fingerprint density at radius 1 is 1.57 bits per heavy atom. The number of rotatable bonds is 4. The van der Waals surface area contributed by atoms with Crippen molar-refractivity contribution in [3.8, 4) is 0 Å². The van der Waals surface area contributed by atoms with Gasteiger partial charge in [0, 0.05) is 25.7 Å². The van der Waals surface area contributed by atoms with Gasteiger partial charge in [0.05, 0.1) is 6.04 Å². The molecule has 1 aromatic rings. The second-order valence-electron chi connectivity index (χ2n) is 4.95. The number of piperazine rings is 1. The molecule has 0 aromatic heterocycles. The number of hydrogen-bond acceptors (Lipinski definition) is 3. The molecule has 0 aliphatic carbocycles. The minimum absolute atomic E-state index is 0.0361. The van der Waals surface area contributed by atoms with E-state index in [9.17, 15) is 14.0 Å². The minimum Gasteiger partial charge on any atom is -0.478 e. The van der Waals surface area contributed by atoms with E-state index in [1.54, 1.807) is 6.07 Å². The molecule has 112 valence electrons. The van der Waals surface area contributed by atoms with E-state index in [4.69, 9.17) is 5.11 Å². The van der Waals surface area contributed by atoms with Crippen LogP contribution in [0.1, 0.15) is 18.1 Å². The second kappa shape index (κ2) is 6.49. The van der Waals surface area contributed by atoms with Crippen LogP contribution in [0, 0.1) is 5.82 Å². The third-order valence-electron chi connectivity index (χ3n) is 3.51. The van der Waals surface area contributed by atoms with E-state index < -0.39 is 11.8 Å². The number of carbonyl (C=O) groups is 2. The topological polar surface area (TPSA) is 69.6 Å². The van der Waals surface area contributed by atoms with Crippen LogP contribution in [0.2, 0.25) is 0 Å². The third kappa shape index (κ3) is 3.88. The molecule has 1 aliphatic heterocycles. The SMILES string of the molecule is CC1C(=O)NCCN1Cc1ccc(F)cc1C=CC(=O)O. The van der Waals surface area contributed by atoms with Crippen molar-refractivity contribution in [1.29, 1.82) is 0 Å². The molecule has 21 heavy (non-hydrogen) atoms. The summed E-state index contributed by atoms with van der Waals surface area (Å²) in [6, 6.07) is 3.99. The molecule has 0 spiro atoms. The standard InChI is InChI=1S/C15H17FN2O3/c1-10-15(21)17-6-7-18(10)9-12-2-4-13(16)8-11(12)3-5-14(19)20/h2-5,8,10H,6-7,9H2,1H3,(H,17,21)(H,19,20). The van der Waals surface area contributed by atoms with E-state index >= 15 is 0 Å². The van der Waals surface area contributed by atoms with Crippen LogP contribution in [0.25, 0.3) is 6.08 Å². The number of nitrogens with zero attached hydrogens (tertiary/aromatic N) is 1. The predicted molar refractivity (Wildman–Crippen MR) is 76.0 cm³/mol. The smallest absolute Gasteiger partial charge is 0.328 e. The fourth-order valence-electron chi connectivity index (χ4n) is 2.29. The van der Waals surface area contributed by atoms with Crippen molar-refractivity contribution in [3.63, 3.8) is 0 Å². The first-order chi connectivity index (χ1) is 9.97. The number of halogens is 1. The van der Waals surface area contributed by atoms with Gasteiger partial charge >= 0.3 is 5.97 Å². The first-order valence-electron chi connectivity index (χ1n) is 6.68. The first kappa shape index (κ1) is 15.2. The third-order valence-corrected chi connectivity index (χ3v) is 3.51. The molecule has 0 bridgehead atoms. The maximum Gasteiger partial charge on any atom is 0.328 e. The van der Waals surface area contributed by atoms with E-state index in [2.05, 4.69) is 5.32 Å². The largest absolute Gasteiger partial charge is 0.478 e. The van der Waals surface area contributed by atoms with E-state index in [0.29, 0.717) is 25.2 Å². The summed E-state index contributed by atoms with van der Waals surface area (Å²) in [4.78, 5) is 24.2. The molecule has 0 saturated carbocycles. The van der Waals surface area contributed by atoms with Crippen LogP contribution in [0.4, 0.5) is 4.39 Å². The zero-order chi connectivity index (χ0) is 15.4. The summed E-state index contributed by atoms with van der Waals surface area (Å²) in [5.41, 5.74) is 1.30. The molecule has 1 aliphatic rings. The Balaban J connectivity index is 2.22. The number of hydrogen-bond donors (Lipinski definition) is 2. The van der Waals surface area contributed by atoms with Gasteiger partial charge in [-0.2, -0.15) is 0 Å². The van der Waals surface area contributed by atoms with Crippen molar-refractivity contribution in [1.82, 2.24) is 10.2 Å². The highest BCUT2D eigenvalue weighted by molar-refractivity contribution is 5.85. The Morgan fingerprint density at radius 3 is 3.05 bits per heavy atom. The maximum atomic E-state index is 13.3. The number of carboxylic acid groups (broad SMARTS) is 1. The molecule has 6 heteroatoms. The van der Waals surface area contributed by atoms with E-state index in [-0.39, 0.29) is 11.9 Å². The van der Waals surface area contributed by atoms with Crippen LogP contribution in [-0.4, -0.2) is 41.0 Å². The fourth-order valence-corrected chi connectivity index (χ4v) is 2.29. The van der Waals surface area contributed by atoms with Gasteiger partial charge in [0.15, 0.2) is 0 Å². The van der Waals surface area contributed by atoms with Crippen LogP contribution in [0.15, 0.2) is 24.3 Å². The number of carboxylic acids is 1. The lowest BCUT2D eigenvalue weighted by atomic mass is 10.0. The summed E-state index contributed by atoms with van der Waals surface area (Å²) in [5, 5.41) is 11.5. The normalized spacial score (nSPS) is 19.7. The lowest BCUT2D eigenvalue weighted by Gasteiger charge is -2.33. The van der Waals surface area contributed by atoms with Crippen LogP contribution in [0.3, 0.4) is 0 Å². The summed E-state index contributed by atoms with van der Waals surface area (Å²) in [6.07, 6.45) is 2.35. The van der Waals surface area contributed by atoms with Gasteiger partial charge in [0.1, 0.15) is 5.82 Å². The van der Waals surface area contributed by atoms with Crippen LogP contribution in [-0.2, 0) is 16.1 Å². The number of amides is 1. The Hall–Kier alpha value is -2.21. The fraction of sp³-hybridized carbons (Fsp3) is 0.333. The van der Waals surface area contributed by atoms with E-state index in [1.165, 1.54) is 18.2 Å². The molecule has 1 atom stereocenters. The van der Waals surface area contributed by atoms with Crippen molar-refractivity contribution in [2.75, 3.05) is 13.1 Å². The van der Waals surface area contributed by atoms with Gasteiger partial charge in [-0.1, -0.05) is 6.07 Å². The maximum absolute atomic E-state index is 13.3. The average molecular weight is 292 g/mol. The van der Waals surface area contributed by atoms with Gasteiger partial charge in [0.25, 0.3) is 0 Å². The number of benzene rings is 1. The van der Waals surface area contributed by atoms with Crippen molar-refractivity contribution < 1.29 is 19.1 Å².